The number of benzene rings is 1. The number of nitrogens with two attached hydrogens (primary N) is 1. The summed E-state index contributed by atoms with van der Waals surface area (Å²) in [5.41, 5.74) is 6.66. The minimum absolute atomic E-state index is 0.398. The van der Waals surface area contributed by atoms with Crippen molar-refractivity contribution in [2.75, 3.05) is 13.7 Å². The van der Waals surface area contributed by atoms with Crippen LogP contribution in [-0.2, 0) is 6.54 Å². The number of methoxy groups -OCH3 is 1. The van der Waals surface area contributed by atoms with Gasteiger partial charge < -0.3 is 15.8 Å². The average Bonchev–Trinajstić information content (AvgIpc) is 2.34. The van der Waals surface area contributed by atoms with E-state index in [1.807, 2.05) is 18.2 Å². The highest BCUT2D eigenvalue weighted by molar-refractivity contribution is 9.10. The van der Waals surface area contributed by atoms with E-state index >= 15 is 0 Å². The summed E-state index contributed by atoms with van der Waals surface area (Å²) in [6.07, 6.45) is 1.72. The minimum Gasteiger partial charge on any atom is -0.496 e. The van der Waals surface area contributed by atoms with E-state index in [1.54, 1.807) is 13.2 Å². The van der Waals surface area contributed by atoms with Crippen molar-refractivity contribution >= 4 is 21.9 Å². The number of aliphatic imine (C=N–C) groups is 1. The van der Waals surface area contributed by atoms with Gasteiger partial charge in [-0.2, -0.15) is 0 Å². The predicted molar refractivity (Wildman–Crippen MR) is 74.2 cm³/mol. The van der Waals surface area contributed by atoms with Crippen LogP contribution in [0.15, 0.2) is 40.3 Å². The molecule has 0 amide bonds. The molecule has 0 aliphatic heterocycles. The Hall–Kier alpha value is -1.49. The zero-order valence-corrected chi connectivity index (χ0v) is 11.3. The molecule has 0 unspecified atom stereocenters. The molecule has 0 aliphatic carbocycles. The van der Waals surface area contributed by atoms with Gasteiger partial charge in [0.2, 0.25) is 0 Å². The van der Waals surface area contributed by atoms with Gasteiger partial charge in [0.25, 0.3) is 0 Å². The smallest absolute Gasteiger partial charge is 0.189 e. The fourth-order valence-corrected chi connectivity index (χ4v) is 1.59. The summed E-state index contributed by atoms with van der Waals surface area (Å²) < 4.78 is 6.24. The first-order valence-electron chi connectivity index (χ1n) is 5.14. The molecule has 4 nitrogen and oxygen atoms in total. The molecule has 0 spiro atoms. The van der Waals surface area contributed by atoms with E-state index in [4.69, 9.17) is 10.5 Å². The Bertz CT molecular complexity index is 418. The monoisotopic (exact) mass is 297 g/mol. The molecule has 17 heavy (non-hydrogen) atoms. The van der Waals surface area contributed by atoms with Gasteiger partial charge in [-0.25, -0.2) is 4.99 Å². The van der Waals surface area contributed by atoms with Gasteiger partial charge in [0.15, 0.2) is 5.96 Å². The molecule has 1 rings (SSSR count). The van der Waals surface area contributed by atoms with Crippen molar-refractivity contribution in [2.24, 2.45) is 10.7 Å². The third-order valence-electron chi connectivity index (χ3n) is 2.10. The van der Waals surface area contributed by atoms with Crippen LogP contribution in [0.1, 0.15) is 5.56 Å². The van der Waals surface area contributed by atoms with Crippen molar-refractivity contribution in [3.8, 4) is 5.75 Å². The Kier molecular flexibility index (Phi) is 5.56. The SMILES string of the molecule is C=CCNC(N)=NCc1ccc(Br)cc1OC. The molecule has 3 N–H and O–H groups in total. The third-order valence-corrected chi connectivity index (χ3v) is 2.59. The summed E-state index contributed by atoms with van der Waals surface area (Å²) in [6.45, 7) is 4.67. The summed E-state index contributed by atoms with van der Waals surface area (Å²) in [4.78, 5) is 4.21. The van der Waals surface area contributed by atoms with Gasteiger partial charge in [0, 0.05) is 16.6 Å². The molecule has 92 valence electrons. The number of nitrogens with zero attached hydrogens (tertiary/aromatic N) is 1. The maximum atomic E-state index is 5.67. The lowest BCUT2D eigenvalue weighted by atomic mass is 10.2. The molecule has 0 bridgehead atoms. The lowest BCUT2D eigenvalue weighted by molar-refractivity contribution is 0.409. The zero-order chi connectivity index (χ0) is 12.7. The lowest BCUT2D eigenvalue weighted by Gasteiger charge is -2.07. The van der Waals surface area contributed by atoms with Crippen molar-refractivity contribution in [1.82, 2.24) is 5.32 Å². The molecule has 0 saturated heterocycles. The number of halogens is 1. The summed E-state index contributed by atoms with van der Waals surface area (Å²) in [7, 11) is 1.63. The van der Waals surface area contributed by atoms with Gasteiger partial charge in [-0.1, -0.05) is 28.1 Å². The Balaban J connectivity index is 2.71. The Morgan fingerprint density at radius 1 is 1.65 bits per heavy atom. The molecule has 1 aromatic carbocycles. The third kappa shape index (κ3) is 4.48. The van der Waals surface area contributed by atoms with E-state index in [-0.39, 0.29) is 0 Å². The molecule has 0 aliphatic rings. The molecule has 0 aromatic heterocycles. The predicted octanol–water partition coefficient (Wildman–Crippen LogP) is 2.05. The van der Waals surface area contributed by atoms with Crippen LogP contribution in [0.25, 0.3) is 0 Å². The van der Waals surface area contributed by atoms with Gasteiger partial charge in [-0.05, 0) is 12.1 Å². The number of hydrogen-bond acceptors (Lipinski definition) is 2. The second-order valence-corrected chi connectivity index (χ2v) is 4.24. The standard InChI is InChI=1S/C12H16BrN3O/c1-3-6-15-12(14)16-8-9-4-5-10(13)7-11(9)17-2/h3-5,7H,1,6,8H2,2H3,(H3,14,15,16). The number of guanidine groups is 1. The fourth-order valence-electron chi connectivity index (χ4n) is 1.25. The summed E-state index contributed by atoms with van der Waals surface area (Å²) in [5, 5.41) is 2.91. The lowest BCUT2D eigenvalue weighted by Crippen LogP contribution is -2.31. The second-order valence-electron chi connectivity index (χ2n) is 3.33. The van der Waals surface area contributed by atoms with E-state index in [0.717, 1.165) is 15.8 Å². The van der Waals surface area contributed by atoms with Crippen LogP contribution in [0.5, 0.6) is 5.75 Å². The molecule has 5 heteroatoms. The molecular weight excluding hydrogens is 282 g/mol. The van der Waals surface area contributed by atoms with Gasteiger partial charge in [-0.3, -0.25) is 0 Å². The van der Waals surface area contributed by atoms with Crippen molar-refractivity contribution in [2.45, 2.75) is 6.54 Å². The van der Waals surface area contributed by atoms with Crippen molar-refractivity contribution in [3.05, 3.63) is 40.9 Å². The van der Waals surface area contributed by atoms with Crippen LogP contribution in [0.4, 0.5) is 0 Å². The van der Waals surface area contributed by atoms with E-state index in [2.05, 4.69) is 32.8 Å². The fraction of sp³-hybridized carbons (Fsp3) is 0.250. The van der Waals surface area contributed by atoms with Gasteiger partial charge >= 0.3 is 0 Å². The average molecular weight is 298 g/mol. The van der Waals surface area contributed by atoms with Crippen molar-refractivity contribution < 1.29 is 4.74 Å². The van der Waals surface area contributed by atoms with Crippen LogP contribution in [0.3, 0.4) is 0 Å². The van der Waals surface area contributed by atoms with E-state index < -0.39 is 0 Å². The Morgan fingerprint density at radius 2 is 2.41 bits per heavy atom. The van der Waals surface area contributed by atoms with Crippen LogP contribution in [-0.4, -0.2) is 19.6 Å². The van der Waals surface area contributed by atoms with Gasteiger partial charge in [0.1, 0.15) is 5.75 Å². The van der Waals surface area contributed by atoms with Crippen LogP contribution < -0.4 is 15.8 Å². The molecule has 0 atom stereocenters. The van der Waals surface area contributed by atoms with Gasteiger partial charge in [0.05, 0.1) is 13.7 Å². The Labute approximate surface area is 110 Å². The first-order chi connectivity index (χ1) is 8.17. The van der Waals surface area contributed by atoms with Crippen LogP contribution in [0, 0.1) is 0 Å². The van der Waals surface area contributed by atoms with Crippen molar-refractivity contribution in [3.63, 3.8) is 0 Å². The quantitative estimate of drug-likeness (QED) is 0.497. The highest BCUT2D eigenvalue weighted by atomic mass is 79.9. The second kappa shape index (κ2) is 6.96. The maximum absolute atomic E-state index is 5.67. The van der Waals surface area contributed by atoms with Crippen LogP contribution in [0.2, 0.25) is 0 Å². The number of ether oxygens (including phenoxy) is 1. The summed E-state index contributed by atoms with van der Waals surface area (Å²) in [5.74, 6) is 1.19. The molecular formula is C12H16BrN3O. The summed E-state index contributed by atoms with van der Waals surface area (Å²) in [6, 6.07) is 5.80. The first kappa shape index (κ1) is 13.6. The van der Waals surface area contributed by atoms with E-state index in [9.17, 15) is 0 Å². The largest absolute Gasteiger partial charge is 0.496 e. The number of rotatable bonds is 5. The minimum atomic E-state index is 0.398. The van der Waals surface area contributed by atoms with Crippen LogP contribution >= 0.6 is 15.9 Å². The highest BCUT2D eigenvalue weighted by Crippen LogP contribution is 2.23. The number of hydrogen-bond donors (Lipinski definition) is 2. The molecule has 0 radical (unpaired) electrons. The normalized spacial score (nSPS) is 11.1. The molecule has 1 aromatic rings. The molecule has 0 saturated carbocycles. The topological polar surface area (TPSA) is 59.6 Å². The maximum Gasteiger partial charge on any atom is 0.189 e. The van der Waals surface area contributed by atoms with Gasteiger partial charge in [-0.15, -0.1) is 6.58 Å². The zero-order valence-electron chi connectivity index (χ0n) is 9.74. The first-order valence-corrected chi connectivity index (χ1v) is 5.93. The molecule has 0 fully saturated rings. The number of nitrogens with one attached hydrogen (secondary N) is 1. The molecule has 0 heterocycles. The Morgan fingerprint density at radius 3 is 3.06 bits per heavy atom. The van der Waals surface area contributed by atoms with E-state index in [0.29, 0.717) is 19.0 Å². The highest BCUT2D eigenvalue weighted by Gasteiger charge is 2.02. The van der Waals surface area contributed by atoms with Crippen molar-refractivity contribution in [1.29, 1.82) is 0 Å². The van der Waals surface area contributed by atoms with E-state index in [1.165, 1.54) is 0 Å². The summed E-state index contributed by atoms with van der Waals surface area (Å²) >= 11 is 3.39.